The van der Waals surface area contributed by atoms with Crippen molar-refractivity contribution in [2.75, 3.05) is 58.0 Å². The number of alkyl halides is 3. The molecule has 13 heteroatoms. The Balaban J connectivity index is 1.58. The minimum atomic E-state index is -4.69. The first kappa shape index (κ1) is 34.1. The highest BCUT2D eigenvalue weighted by Crippen LogP contribution is 2.36. The van der Waals surface area contributed by atoms with Gasteiger partial charge in [-0.15, -0.1) is 0 Å². The van der Waals surface area contributed by atoms with Gasteiger partial charge in [-0.2, -0.15) is 13.2 Å². The van der Waals surface area contributed by atoms with E-state index in [1.54, 1.807) is 0 Å². The van der Waals surface area contributed by atoms with Crippen LogP contribution in [-0.4, -0.2) is 85.3 Å². The Morgan fingerprint density at radius 2 is 1.63 bits per heavy atom. The van der Waals surface area contributed by atoms with E-state index >= 15 is 0 Å². The predicted octanol–water partition coefficient (Wildman–Crippen LogP) is 4.66. The third-order valence-corrected chi connectivity index (χ3v) is 6.75. The summed E-state index contributed by atoms with van der Waals surface area (Å²) in [6, 6.07) is 8.25. The molecule has 0 unspecified atom stereocenters. The molecule has 0 atom stereocenters. The first-order valence-corrected chi connectivity index (χ1v) is 14.2. The van der Waals surface area contributed by atoms with Gasteiger partial charge in [-0.1, -0.05) is 13.8 Å². The number of benzene rings is 2. The molecule has 1 fully saturated rings. The first-order chi connectivity index (χ1) is 20.4. The van der Waals surface area contributed by atoms with Gasteiger partial charge < -0.3 is 40.0 Å². The van der Waals surface area contributed by atoms with Crippen molar-refractivity contribution in [3.05, 3.63) is 53.6 Å². The zero-order chi connectivity index (χ0) is 31.5. The van der Waals surface area contributed by atoms with E-state index in [1.807, 2.05) is 13.8 Å². The Morgan fingerprint density at radius 3 is 2.23 bits per heavy atom. The lowest BCUT2D eigenvalue weighted by atomic mass is 9.84. The number of likely N-dealkylation sites (tertiary alicyclic amines) is 1. The van der Waals surface area contributed by atoms with Gasteiger partial charge in [0, 0.05) is 37.0 Å². The van der Waals surface area contributed by atoms with Crippen LogP contribution in [0.1, 0.15) is 49.0 Å². The largest absolute Gasteiger partial charge is 0.457 e. The number of hydrogen-bond donors (Lipinski definition) is 4. The van der Waals surface area contributed by atoms with Crippen molar-refractivity contribution >= 4 is 17.6 Å². The van der Waals surface area contributed by atoms with E-state index in [0.29, 0.717) is 44.0 Å². The zero-order valence-electron chi connectivity index (χ0n) is 24.4. The number of aliphatic hydroxyl groups is 2. The number of piperidine rings is 1. The molecule has 0 spiro atoms. The van der Waals surface area contributed by atoms with Gasteiger partial charge in [-0.25, -0.2) is 4.79 Å². The van der Waals surface area contributed by atoms with Crippen molar-refractivity contribution in [2.24, 2.45) is 5.92 Å². The van der Waals surface area contributed by atoms with E-state index in [4.69, 9.17) is 19.3 Å². The second-order valence-electron chi connectivity index (χ2n) is 10.8. The molecule has 0 bridgehead atoms. The average molecular weight is 612 g/mol. The third kappa shape index (κ3) is 11.3. The number of nitrogens with zero attached hydrogens (tertiary/aromatic N) is 1. The Hall–Kier alpha value is -3.39. The van der Waals surface area contributed by atoms with Gasteiger partial charge in [0.05, 0.1) is 44.2 Å². The molecular formula is C30H40F3N3O7. The van der Waals surface area contributed by atoms with Crippen molar-refractivity contribution in [3.63, 3.8) is 0 Å². The molecule has 2 aromatic carbocycles. The summed E-state index contributed by atoms with van der Waals surface area (Å²) < 4.78 is 57.0. The predicted molar refractivity (Wildman–Crippen MR) is 153 cm³/mol. The number of nitrogens with one attached hydrogen (secondary N) is 2. The smallest absolute Gasteiger partial charge is 0.416 e. The lowest BCUT2D eigenvalue weighted by Gasteiger charge is -2.39. The van der Waals surface area contributed by atoms with Crippen molar-refractivity contribution in [2.45, 2.75) is 44.9 Å². The number of anilines is 1. The molecule has 1 aliphatic heterocycles. The number of aliphatic hydroxyl groups excluding tert-OH is 1. The molecule has 1 saturated heterocycles. The third-order valence-electron chi connectivity index (χ3n) is 6.75. The molecule has 3 rings (SSSR count). The van der Waals surface area contributed by atoms with E-state index in [0.717, 1.165) is 12.1 Å². The normalized spacial score (nSPS) is 14.9. The van der Waals surface area contributed by atoms with E-state index in [9.17, 15) is 27.9 Å². The van der Waals surface area contributed by atoms with Crippen LogP contribution >= 0.6 is 0 Å². The van der Waals surface area contributed by atoms with Crippen LogP contribution in [-0.2, 0) is 15.7 Å². The number of rotatable bonds is 14. The van der Waals surface area contributed by atoms with Crippen molar-refractivity contribution in [1.29, 1.82) is 0 Å². The van der Waals surface area contributed by atoms with Gasteiger partial charge in [0.25, 0.3) is 5.91 Å². The number of halogens is 3. The fourth-order valence-corrected chi connectivity index (χ4v) is 4.72. The number of carbonyl (C=O) groups is 2. The fraction of sp³-hybridized carbons (Fsp3) is 0.533. The second-order valence-corrected chi connectivity index (χ2v) is 10.8. The average Bonchev–Trinajstić information content (AvgIpc) is 2.94. The molecule has 43 heavy (non-hydrogen) atoms. The Labute approximate surface area is 249 Å². The van der Waals surface area contributed by atoms with Crippen LogP contribution < -0.4 is 15.4 Å². The Morgan fingerprint density at radius 1 is 0.977 bits per heavy atom. The maximum absolute atomic E-state index is 13.7. The molecule has 3 amide bonds. The molecule has 1 heterocycles. The number of hydrogen-bond acceptors (Lipinski definition) is 7. The summed E-state index contributed by atoms with van der Waals surface area (Å²) in [6.07, 6.45) is -3.30. The molecule has 2 aromatic rings. The molecule has 238 valence electrons. The lowest BCUT2D eigenvalue weighted by Crippen LogP contribution is -2.48. The van der Waals surface area contributed by atoms with Gasteiger partial charge in [-0.3, -0.25) is 4.79 Å². The van der Waals surface area contributed by atoms with Crippen LogP contribution in [0.5, 0.6) is 11.5 Å². The number of carbonyl (C=O) groups excluding carboxylic acids is 2. The molecule has 1 aliphatic rings. The van der Waals surface area contributed by atoms with Crippen LogP contribution in [0.2, 0.25) is 0 Å². The van der Waals surface area contributed by atoms with Crippen LogP contribution in [0.25, 0.3) is 0 Å². The van der Waals surface area contributed by atoms with Gasteiger partial charge in [0.2, 0.25) is 0 Å². The summed E-state index contributed by atoms with van der Waals surface area (Å²) in [5, 5.41) is 24.6. The van der Waals surface area contributed by atoms with Gasteiger partial charge in [0.1, 0.15) is 11.5 Å². The van der Waals surface area contributed by atoms with E-state index in [-0.39, 0.29) is 62.5 Å². The quantitative estimate of drug-likeness (QED) is 0.229. The van der Waals surface area contributed by atoms with Crippen LogP contribution in [0.4, 0.5) is 23.7 Å². The maximum Gasteiger partial charge on any atom is 0.416 e. The van der Waals surface area contributed by atoms with Gasteiger partial charge in [0.15, 0.2) is 0 Å². The lowest BCUT2D eigenvalue weighted by molar-refractivity contribution is -0.137. The number of urea groups is 1. The monoisotopic (exact) mass is 611 g/mol. The van der Waals surface area contributed by atoms with Crippen molar-refractivity contribution in [1.82, 2.24) is 10.2 Å². The van der Waals surface area contributed by atoms with E-state index < -0.39 is 23.4 Å². The molecule has 0 aromatic heterocycles. The topological polar surface area (TPSA) is 130 Å². The zero-order valence-corrected chi connectivity index (χ0v) is 24.4. The summed E-state index contributed by atoms with van der Waals surface area (Å²) in [5.74, 6) is -0.0225. The summed E-state index contributed by atoms with van der Waals surface area (Å²) in [7, 11) is 0. The minimum Gasteiger partial charge on any atom is -0.457 e. The van der Waals surface area contributed by atoms with Crippen molar-refractivity contribution < 1.29 is 47.2 Å². The highest BCUT2D eigenvalue weighted by Gasteiger charge is 2.35. The van der Waals surface area contributed by atoms with Crippen LogP contribution in [0, 0.1) is 5.92 Å². The van der Waals surface area contributed by atoms with Gasteiger partial charge in [-0.05, 0) is 61.6 Å². The SMILES string of the molecule is CC(C)CC1(O)CCN(C(=O)Nc2cc(Oc3ccc(C(=O)NCCOCCOCCO)cc3)cc(C(F)(F)F)c2)CC1. The minimum absolute atomic E-state index is 0.0655. The summed E-state index contributed by atoms with van der Waals surface area (Å²) in [6.45, 7) is 5.93. The summed E-state index contributed by atoms with van der Waals surface area (Å²) >= 11 is 0. The van der Waals surface area contributed by atoms with Crippen molar-refractivity contribution in [3.8, 4) is 11.5 Å². The molecule has 0 aliphatic carbocycles. The first-order valence-electron chi connectivity index (χ1n) is 14.2. The Bertz CT molecular complexity index is 1180. The fourth-order valence-electron chi connectivity index (χ4n) is 4.72. The molecule has 0 saturated carbocycles. The van der Waals surface area contributed by atoms with Gasteiger partial charge >= 0.3 is 12.2 Å². The summed E-state index contributed by atoms with van der Waals surface area (Å²) in [5.41, 5.74) is -1.62. The molecule has 0 radical (unpaired) electrons. The summed E-state index contributed by atoms with van der Waals surface area (Å²) in [4.78, 5) is 26.7. The van der Waals surface area contributed by atoms with Crippen LogP contribution in [0.3, 0.4) is 0 Å². The molecule has 4 N–H and O–H groups in total. The standard InChI is InChI=1S/C30H40F3N3O7/c1-21(2)20-29(40)7-10-36(11-8-29)28(39)35-24-17-23(30(31,32)33)18-26(19-24)43-25-5-3-22(4-6-25)27(38)34-9-13-41-15-16-42-14-12-37/h3-6,17-19,21,37,40H,7-16,20H2,1-2H3,(H,34,38)(H,35,39). The second kappa shape index (κ2) is 15.9. The van der Waals surface area contributed by atoms with E-state index in [1.165, 1.54) is 35.2 Å². The maximum atomic E-state index is 13.7. The number of amides is 3. The molecular weight excluding hydrogens is 571 g/mol. The Kier molecular flexibility index (Phi) is 12.6. The highest BCUT2D eigenvalue weighted by atomic mass is 19.4. The highest BCUT2D eigenvalue weighted by molar-refractivity contribution is 5.94. The number of ether oxygens (including phenoxy) is 3. The van der Waals surface area contributed by atoms with Crippen LogP contribution in [0.15, 0.2) is 42.5 Å². The molecule has 10 nitrogen and oxygen atoms in total. The van der Waals surface area contributed by atoms with E-state index in [2.05, 4.69) is 10.6 Å².